The number of carboxylic acid groups (broad SMARTS) is 1. The quantitative estimate of drug-likeness (QED) is 0.732. The van der Waals surface area contributed by atoms with Crippen LogP contribution in [0.4, 0.5) is 9.18 Å². The summed E-state index contributed by atoms with van der Waals surface area (Å²) in [5.41, 5.74) is 0.490. The van der Waals surface area contributed by atoms with E-state index in [0.29, 0.717) is 5.69 Å². The highest BCUT2D eigenvalue weighted by Crippen LogP contribution is 2.08. The second kappa shape index (κ2) is 3.84. The third-order valence-electron chi connectivity index (χ3n) is 1.53. The number of halogens is 1. The molecular formula is C8H9FN2O2. The van der Waals surface area contributed by atoms with Gasteiger partial charge in [-0.05, 0) is 19.1 Å². The molecule has 1 aromatic rings. The number of pyridine rings is 1. The van der Waals surface area contributed by atoms with Crippen LogP contribution in [0, 0.1) is 5.82 Å². The topological polar surface area (TPSA) is 62.2 Å². The van der Waals surface area contributed by atoms with E-state index in [4.69, 9.17) is 5.11 Å². The van der Waals surface area contributed by atoms with Crippen molar-refractivity contribution in [3.05, 3.63) is 29.8 Å². The van der Waals surface area contributed by atoms with Crippen molar-refractivity contribution in [1.82, 2.24) is 10.3 Å². The molecule has 0 unspecified atom stereocenters. The lowest BCUT2D eigenvalue weighted by Crippen LogP contribution is -2.25. The number of nitrogens with zero attached hydrogens (tertiary/aromatic N) is 1. The molecule has 0 aliphatic heterocycles. The second-order valence-corrected chi connectivity index (χ2v) is 2.57. The lowest BCUT2D eigenvalue weighted by Gasteiger charge is -2.09. The van der Waals surface area contributed by atoms with E-state index in [-0.39, 0.29) is 0 Å². The standard InChI is InChI=1S/C8H9FN2O2/c1-5(11-8(12)13)7-3-2-6(9)4-10-7/h2-5,11H,1H3,(H,12,13)/t5-/m1/s1. The molecule has 0 aliphatic rings. The molecule has 0 fully saturated rings. The molecule has 1 aromatic heterocycles. The third kappa shape index (κ3) is 2.70. The number of carbonyl (C=O) groups is 1. The van der Waals surface area contributed by atoms with Crippen LogP contribution in [0.3, 0.4) is 0 Å². The molecule has 1 amide bonds. The van der Waals surface area contributed by atoms with Gasteiger partial charge in [0.2, 0.25) is 0 Å². The third-order valence-corrected chi connectivity index (χ3v) is 1.53. The Morgan fingerprint density at radius 3 is 2.85 bits per heavy atom. The summed E-state index contributed by atoms with van der Waals surface area (Å²) in [6.45, 7) is 1.63. The highest BCUT2D eigenvalue weighted by Gasteiger charge is 2.08. The van der Waals surface area contributed by atoms with Crippen LogP contribution in [-0.2, 0) is 0 Å². The normalized spacial score (nSPS) is 12.2. The number of rotatable bonds is 2. The van der Waals surface area contributed by atoms with E-state index in [1.807, 2.05) is 0 Å². The maximum absolute atomic E-state index is 12.4. The summed E-state index contributed by atoms with van der Waals surface area (Å²) in [6, 6.07) is 2.25. The second-order valence-electron chi connectivity index (χ2n) is 2.57. The maximum Gasteiger partial charge on any atom is 0.405 e. The minimum Gasteiger partial charge on any atom is -0.465 e. The monoisotopic (exact) mass is 184 g/mol. The van der Waals surface area contributed by atoms with Gasteiger partial charge in [-0.3, -0.25) is 4.98 Å². The Morgan fingerprint density at radius 2 is 2.38 bits per heavy atom. The molecule has 0 radical (unpaired) electrons. The minimum atomic E-state index is -1.13. The van der Waals surface area contributed by atoms with Crippen LogP contribution < -0.4 is 5.32 Å². The number of hydrogen-bond donors (Lipinski definition) is 2. The molecular weight excluding hydrogens is 175 g/mol. The Bertz CT molecular complexity index is 300. The van der Waals surface area contributed by atoms with Gasteiger partial charge in [-0.15, -0.1) is 0 Å². The Kier molecular flexibility index (Phi) is 2.79. The van der Waals surface area contributed by atoms with Crippen molar-refractivity contribution in [1.29, 1.82) is 0 Å². The predicted molar refractivity (Wildman–Crippen MR) is 43.8 cm³/mol. The van der Waals surface area contributed by atoms with Crippen LogP contribution in [0.15, 0.2) is 18.3 Å². The van der Waals surface area contributed by atoms with Crippen molar-refractivity contribution in [2.45, 2.75) is 13.0 Å². The molecule has 0 bridgehead atoms. The molecule has 0 aliphatic carbocycles. The molecule has 5 heteroatoms. The van der Waals surface area contributed by atoms with E-state index in [2.05, 4.69) is 10.3 Å². The highest BCUT2D eigenvalue weighted by molar-refractivity contribution is 5.64. The predicted octanol–water partition coefficient (Wildman–Crippen LogP) is 1.55. The Labute approximate surface area is 74.4 Å². The molecule has 13 heavy (non-hydrogen) atoms. The first kappa shape index (κ1) is 9.44. The summed E-state index contributed by atoms with van der Waals surface area (Å²) in [7, 11) is 0. The van der Waals surface area contributed by atoms with Gasteiger partial charge in [-0.25, -0.2) is 9.18 Å². The fourth-order valence-electron chi connectivity index (χ4n) is 0.903. The highest BCUT2D eigenvalue weighted by atomic mass is 19.1. The molecule has 0 spiro atoms. The Balaban J connectivity index is 2.71. The summed E-state index contributed by atoms with van der Waals surface area (Å²) >= 11 is 0. The maximum atomic E-state index is 12.4. The van der Waals surface area contributed by atoms with E-state index in [9.17, 15) is 9.18 Å². The summed E-state index contributed by atoms with van der Waals surface area (Å²) in [5, 5.41) is 10.6. The largest absolute Gasteiger partial charge is 0.465 e. The van der Waals surface area contributed by atoms with Crippen LogP contribution in [-0.4, -0.2) is 16.2 Å². The van der Waals surface area contributed by atoms with Gasteiger partial charge in [0.05, 0.1) is 17.9 Å². The fourth-order valence-corrected chi connectivity index (χ4v) is 0.903. The van der Waals surface area contributed by atoms with Gasteiger partial charge in [0.25, 0.3) is 0 Å². The summed E-state index contributed by atoms with van der Waals surface area (Å²) in [4.78, 5) is 14.0. The Morgan fingerprint density at radius 1 is 1.69 bits per heavy atom. The molecule has 0 aromatic carbocycles. The van der Waals surface area contributed by atoms with Crippen molar-refractivity contribution in [2.24, 2.45) is 0 Å². The first-order valence-electron chi connectivity index (χ1n) is 3.70. The van der Waals surface area contributed by atoms with Crippen LogP contribution in [0.2, 0.25) is 0 Å². The van der Waals surface area contributed by atoms with E-state index in [0.717, 1.165) is 6.20 Å². The van der Waals surface area contributed by atoms with Gasteiger partial charge in [0.1, 0.15) is 5.82 Å². The molecule has 1 rings (SSSR count). The number of nitrogens with one attached hydrogen (secondary N) is 1. The zero-order chi connectivity index (χ0) is 9.84. The average molecular weight is 184 g/mol. The lowest BCUT2D eigenvalue weighted by atomic mass is 10.2. The molecule has 0 saturated heterocycles. The molecule has 70 valence electrons. The van der Waals surface area contributed by atoms with Gasteiger partial charge < -0.3 is 10.4 Å². The van der Waals surface area contributed by atoms with Gasteiger partial charge >= 0.3 is 6.09 Å². The van der Waals surface area contributed by atoms with E-state index < -0.39 is 18.0 Å². The Hall–Kier alpha value is -1.65. The minimum absolute atomic E-state index is 0.432. The van der Waals surface area contributed by atoms with Crippen LogP contribution in [0.1, 0.15) is 18.7 Å². The van der Waals surface area contributed by atoms with Crippen molar-refractivity contribution < 1.29 is 14.3 Å². The van der Waals surface area contributed by atoms with Crippen molar-refractivity contribution in [3.63, 3.8) is 0 Å². The smallest absolute Gasteiger partial charge is 0.405 e. The first-order valence-corrected chi connectivity index (χ1v) is 3.70. The van der Waals surface area contributed by atoms with E-state index in [1.165, 1.54) is 12.1 Å². The number of hydrogen-bond acceptors (Lipinski definition) is 2. The van der Waals surface area contributed by atoms with Crippen LogP contribution >= 0.6 is 0 Å². The zero-order valence-corrected chi connectivity index (χ0v) is 6.99. The fraction of sp³-hybridized carbons (Fsp3) is 0.250. The summed E-state index contributed by atoms with van der Waals surface area (Å²) in [6.07, 6.45) is -0.0753. The zero-order valence-electron chi connectivity index (χ0n) is 6.99. The van der Waals surface area contributed by atoms with Crippen molar-refractivity contribution >= 4 is 6.09 Å². The van der Waals surface area contributed by atoms with Crippen LogP contribution in [0.25, 0.3) is 0 Å². The number of aromatic nitrogens is 1. The lowest BCUT2D eigenvalue weighted by molar-refractivity contribution is 0.190. The first-order chi connectivity index (χ1) is 6.09. The average Bonchev–Trinajstić information content (AvgIpc) is 2.04. The molecule has 4 nitrogen and oxygen atoms in total. The molecule has 0 saturated carbocycles. The van der Waals surface area contributed by atoms with Gasteiger partial charge in [0.15, 0.2) is 0 Å². The van der Waals surface area contributed by atoms with Crippen molar-refractivity contribution in [3.8, 4) is 0 Å². The van der Waals surface area contributed by atoms with Gasteiger partial charge in [-0.2, -0.15) is 0 Å². The van der Waals surface area contributed by atoms with Crippen LogP contribution in [0.5, 0.6) is 0 Å². The van der Waals surface area contributed by atoms with E-state index >= 15 is 0 Å². The summed E-state index contributed by atoms with van der Waals surface area (Å²) in [5.74, 6) is -0.439. The van der Waals surface area contributed by atoms with E-state index in [1.54, 1.807) is 6.92 Å². The molecule has 2 N–H and O–H groups in total. The van der Waals surface area contributed by atoms with Crippen molar-refractivity contribution in [2.75, 3.05) is 0 Å². The number of amides is 1. The summed E-state index contributed by atoms with van der Waals surface area (Å²) < 4.78 is 12.4. The SMILES string of the molecule is C[C@@H](NC(=O)O)c1ccc(F)cn1. The molecule has 1 atom stereocenters. The van der Waals surface area contributed by atoms with Gasteiger partial charge in [0, 0.05) is 0 Å². The molecule has 1 heterocycles. The van der Waals surface area contributed by atoms with Gasteiger partial charge in [-0.1, -0.05) is 0 Å².